The molecule has 1 aromatic carbocycles. The fraction of sp³-hybridized carbons (Fsp3) is 0.438. The van der Waals surface area contributed by atoms with E-state index in [1.54, 1.807) is 7.11 Å². The fourth-order valence-electron chi connectivity index (χ4n) is 2.89. The van der Waals surface area contributed by atoms with Gasteiger partial charge in [0, 0.05) is 5.39 Å². The van der Waals surface area contributed by atoms with Gasteiger partial charge in [0.15, 0.2) is 0 Å². The summed E-state index contributed by atoms with van der Waals surface area (Å²) in [5.74, 6) is 1.41. The quantitative estimate of drug-likeness (QED) is 0.874. The third-order valence-corrected chi connectivity index (χ3v) is 4.88. The molecule has 0 spiro atoms. The number of piperazine rings is 1. The highest BCUT2D eigenvalue weighted by molar-refractivity contribution is 9.10. The number of amides is 1. The van der Waals surface area contributed by atoms with Crippen LogP contribution in [0.5, 0.6) is 5.75 Å². The number of carbonyl (C=O) groups excluding carboxylic acids is 1. The Labute approximate surface area is 137 Å². The number of nitrogens with zero attached hydrogens (tertiary/aromatic N) is 1. The number of furan rings is 1. The van der Waals surface area contributed by atoms with Gasteiger partial charge in [0.05, 0.1) is 50.4 Å². The highest BCUT2D eigenvalue weighted by atomic mass is 79.9. The second kappa shape index (κ2) is 5.93. The molecule has 1 saturated heterocycles. The molecule has 0 unspecified atom stereocenters. The smallest absolute Gasteiger partial charge is 0.258 e. The first-order valence-corrected chi connectivity index (χ1v) is 8.17. The number of benzene rings is 1. The maximum atomic E-state index is 12.9. The van der Waals surface area contributed by atoms with E-state index in [1.165, 1.54) is 4.90 Å². The minimum Gasteiger partial charge on any atom is -0.496 e. The van der Waals surface area contributed by atoms with Gasteiger partial charge in [-0.3, -0.25) is 4.79 Å². The summed E-state index contributed by atoms with van der Waals surface area (Å²) < 4.78 is 11.9. The standard InChI is InChI=1S/C16H19BrN2O3/c1-10-15(16(20)19-6-4-18(2)5-7-19)11-8-14(21-3)12(17)9-13(11)22-10/h8-9H,4-7H2,1-3H3/p+1. The summed E-state index contributed by atoms with van der Waals surface area (Å²) in [6.45, 7) is 5.37. The van der Waals surface area contributed by atoms with Gasteiger partial charge in [-0.2, -0.15) is 0 Å². The molecule has 1 aliphatic heterocycles. The Morgan fingerprint density at radius 3 is 2.68 bits per heavy atom. The number of ether oxygens (including phenoxy) is 1. The molecule has 1 aliphatic rings. The fourth-order valence-corrected chi connectivity index (χ4v) is 3.38. The molecule has 1 N–H and O–H groups in total. The predicted octanol–water partition coefficient (Wildman–Crippen LogP) is 1.48. The number of aryl methyl sites for hydroxylation is 1. The number of quaternary nitrogens is 1. The molecule has 0 saturated carbocycles. The highest BCUT2D eigenvalue weighted by Gasteiger charge is 2.27. The second-order valence-corrected chi connectivity index (χ2v) is 6.62. The van der Waals surface area contributed by atoms with E-state index in [0.29, 0.717) is 22.7 Å². The number of halogens is 1. The van der Waals surface area contributed by atoms with Crippen LogP contribution >= 0.6 is 15.9 Å². The van der Waals surface area contributed by atoms with Gasteiger partial charge < -0.3 is 19.0 Å². The van der Waals surface area contributed by atoms with E-state index in [0.717, 1.165) is 36.0 Å². The predicted molar refractivity (Wildman–Crippen MR) is 87.7 cm³/mol. The largest absolute Gasteiger partial charge is 0.496 e. The Kier molecular flexibility index (Phi) is 4.14. The Morgan fingerprint density at radius 2 is 2.05 bits per heavy atom. The lowest BCUT2D eigenvalue weighted by molar-refractivity contribution is -0.883. The molecule has 2 aromatic rings. The lowest BCUT2D eigenvalue weighted by Gasteiger charge is -2.30. The van der Waals surface area contributed by atoms with Gasteiger partial charge in [-0.25, -0.2) is 0 Å². The SMILES string of the molecule is COc1cc2c(C(=O)N3CC[NH+](C)CC3)c(C)oc2cc1Br. The van der Waals surface area contributed by atoms with Crippen LogP contribution in [0.4, 0.5) is 0 Å². The van der Waals surface area contributed by atoms with Gasteiger partial charge in [0.2, 0.25) is 0 Å². The van der Waals surface area contributed by atoms with Gasteiger partial charge in [-0.15, -0.1) is 0 Å². The Balaban J connectivity index is 2.02. The summed E-state index contributed by atoms with van der Waals surface area (Å²) in [5.41, 5.74) is 1.36. The van der Waals surface area contributed by atoms with Gasteiger partial charge in [0.1, 0.15) is 17.1 Å². The third-order valence-electron chi connectivity index (χ3n) is 4.26. The van der Waals surface area contributed by atoms with Crippen LogP contribution in [-0.2, 0) is 0 Å². The van der Waals surface area contributed by atoms with E-state index < -0.39 is 0 Å². The molecule has 0 radical (unpaired) electrons. The van der Waals surface area contributed by atoms with E-state index in [2.05, 4.69) is 23.0 Å². The topological polar surface area (TPSA) is 47.1 Å². The number of nitrogens with one attached hydrogen (secondary N) is 1. The van der Waals surface area contributed by atoms with Crippen LogP contribution in [0.15, 0.2) is 21.0 Å². The average Bonchev–Trinajstić information content (AvgIpc) is 2.81. The molecule has 22 heavy (non-hydrogen) atoms. The molecular formula is C16H20BrN2O3+. The number of methoxy groups -OCH3 is 1. The van der Waals surface area contributed by atoms with Crippen LogP contribution in [0.1, 0.15) is 16.1 Å². The van der Waals surface area contributed by atoms with Crippen molar-refractivity contribution in [2.45, 2.75) is 6.92 Å². The molecule has 0 bridgehead atoms. The zero-order chi connectivity index (χ0) is 15.9. The molecule has 1 aromatic heterocycles. The van der Waals surface area contributed by atoms with Crippen molar-refractivity contribution in [2.75, 3.05) is 40.3 Å². The van der Waals surface area contributed by atoms with Crippen LogP contribution in [0.3, 0.4) is 0 Å². The molecule has 6 heteroatoms. The summed E-state index contributed by atoms with van der Waals surface area (Å²) in [6, 6.07) is 3.72. The Bertz CT molecular complexity index is 718. The molecule has 2 heterocycles. The van der Waals surface area contributed by atoms with Crippen LogP contribution in [0.2, 0.25) is 0 Å². The summed E-state index contributed by atoms with van der Waals surface area (Å²) in [5, 5.41) is 0.814. The van der Waals surface area contributed by atoms with Crippen molar-refractivity contribution in [3.8, 4) is 5.75 Å². The van der Waals surface area contributed by atoms with Gasteiger partial charge >= 0.3 is 0 Å². The monoisotopic (exact) mass is 367 g/mol. The van der Waals surface area contributed by atoms with E-state index in [1.807, 2.05) is 24.0 Å². The summed E-state index contributed by atoms with van der Waals surface area (Å²) in [6.07, 6.45) is 0. The molecule has 118 valence electrons. The first-order valence-electron chi connectivity index (χ1n) is 7.38. The van der Waals surface area contributed by atoms with E-state index >= 15 is 0 Å². The molecule has 1 fully saturated rings. The van der Waals surface area contributed by atoms with Crippen LogP contribution in [-0.4, -0.2) is 51.1 Å². The first kappa shape index (κ1) is 15.4. The number of fused-ring (bicyclic) bond motifs is 1. The van der Waals surface area contributed by atoms with Crippen molar-refractivity contribution >= 4 is 32.8 Å². The third kappa shape index (κ3) is 2.61. The molecule has 0 aliphatic carbocycles. The minimum absolute atomic E-state index is 0.0492. The maximum Gasteiger partial charge on any atom is 0.258 e. The van der Waals surface area contributed by atoms with E-state index in [-0.39, 0.29) is 5.91 Å². The van der Waals surface area contributed by atoms with Crippen molar-refractivity contribution in [3.05, 3.63) is 27.9 Å². The first-order chi connectivity index (χ1) is 10.5. The Morgan fingerprint density at radius 1 is 1.36 bits per heavy atom. The number of likely N-dealkylation sites (N-methyl/N-ethyl adjacent to an activating group) is 1. The highest BCUT2D eigenvalue weighted by Crippen LogP contribution is 2.35. The number of hydrogen-bond donors (Lipinski definition) is 1. The minimum atomic E-state index is 0.0492. The normalized spacial score (nSPS) is 16.3. The van der Waals surface area contributed by atoms with E-state index in [4.69, 9.17) is 9.15 Å². The van der Waals surface area contributed by atoms with Gasteiger partial charge in [-0.1, -0.05) is 0 Å². The van der Waals surface area contributed by atoms with Crippen LogP contribution < -0.4 is 9.64 Å². The zero-order valence-electron chi connectivity index (χ0n) is 13.0. The molecule has 0 atom stereocenters. The molecule has 3 rings (SSSR count). The van der Waals surface area contributed by atoms with Crippen LogP contribution in [0.25, 0.3) is 11.0 Å². The van der Waals surface area contributed by atoms with Crippen molar-refractivity contribution < 1.29 is 18.8 Å². The van der Waals surface area contributed by atoms with Crippen molar-refractivity contribution in [1.82, 2.24) is 4.90 Å². The summed E-state index contributed by atoms with van der Waals surface area (Å²) in [7, 11) is 3.77. The summed E-state index contributed by atoms with van der Waals surface area (Å²) >= 11 is 3.45. The maximum absolute atomic E-state index is 12.9. The number of carbonyl (C=O) groups is 1. The zero-order valence-corrected chi connectivity index (χ0v) is 14.6. The van der Waals surface area contributed by atoms with Crippen LogP contribution in [0, 0.1) is 6.92 Å². The molecular weight excluding hydrogens is 348 g/mol. The average molecular weight is 368 g/mol. The van der Waals surface area contributed by atoms with Gasteiger partial charge in [0.25, 0.3) is 5.91 Å². The Hall–Kier alpha value is -1.53. The molecule has 1 amide bonds. The molecule has 5 nitrogen and oxygen atoms in total. The summed E-state index contributed by atoms with van der Waals surface area (Å²) in [4.78, 5) is 16.3. The van der Waals surface area contributed by atoms with E-state index in [9.17, 15) is 4.79 Å². The van der Waals surface area contributed by atoms with Crippen molar-refractivity contribution in [2.24, 2.45) is 0 Å². The number of rotatable bonds is 2. The second-order valence-electron chi connectivity index (χ2n) is 5.77. The van der Waals surface area contributed by atoms with Crippen molar-refractivity contribution in [3.63, 3.8) is 0 Å². The van der Waals surface area contributed by atoms with Gasteiger partial charge in [-0.05, 0) is 35.0 Å². The lowest BCUT2D eigenvalue weighted by Crippen LogP contribution is -3.12. The van der Waals surface area contributed by atoms with Crippen molar-refractivity contribution in [1.29, 1.82) is 0 Å². The number of hydrogen-bond acceptors (Lipinski definition) is 3. The lowest BCUT2D eigenvalue weighted by atomic mass is 10.1.